The van der Waals surface area contributed by atoms with Crippen LogP contribution in [-0.4, -0.2) is 16.0 Å². The Hall–Kier alpha value is -2.01. The summed E-state index contributed by atoms with van der Waals surface area (Å²) in [7, 11) is 0. The molecule has 3 N–H and O–H groups in total. The zero-order valence-electron chi connectivity index (χ0n) is 11.7. The van der Waals surface area contributed by atoms with Crippen LogP contribution in [0.2, 0.25) is 0 Å². The first-order chi connectivity index (χ1) is 9.51. The zero-order chi connectivity index (χ0) is 14.7. The van der Waals surface area contributed by atoms with E-state index in [0.29, 0.717) is 5.56 Å². The van der Waals surface area contributed by atoms with Crippen LogP contribution >= 0.6 is 11.8 Å². The van der Waals surface area contributed by atoms with Crippen molar-refractivity contribution in [2.75, 3.05) is 0 Å². The van der Waals surface area contributed by atoms with Gasteiger partial charge >= 0.3 is 0 Å². The van der Waals surface area contributed by atoms with Crippen molar-refractivity contribution in [2.24, 2.45) is 10.9 Å². The number of nitrogens with zero attached hydrogens (tertiary/aromatic N) is 2. The van der Waals surface area contributed by atoms with Gasteiger partial charge in [-0.15, -0.1) is 0 Å². The quantitative estimate of drug-likeness (QED) is 0.393. The third kappa shape index (κ3) is 3.11. The van der Waals surface area contributed by atoms with Crippen molar-refractivity contribution in [2.45, 2.75) is 30.7 Å². The molecule has 0 unspecified atom stereocenters. The van der Waals surface area contributed by atoms with Gasteiger partial charge in [-0.1, -0.05) is 34.6 Å². The largest absolute Gasteiger partial charge is 0.409 e. The van der Waals surface area contributed by atoms with E-state index in [1.165, 1.54) is 17.3 Å². The summed E-state index contributed by atoms with van der Waals surface area (Å²) < 4.78 is 0. The van der Waals surface area contributed by atoms with Crippen molar-refractivity contribution >= 4 is 17.6 Å². The normalized spacial score (nSPS) is 11.7. The van der Waals surface area contributed by atoms with Crippen molar-refractivity contribution in [1.29, 1.82) is 0 Å². The van der Waals surface area contributed by atoms with Gasteiger partial charge in [0.05, 0.1) is 5.56 Å². The Bertz CT molecular complexity index is 651. The van der Waals surface area contributed by atoms with E-state index in [-0.39, 0.29) is 5.84 Å². The average molecular weight is 287 g/mol. The summed E-state index contributed by atoms with van der Waals surface area (Å²) in [6.45, 7) is 5.91. The number of hydrogen-bond acceptors (Lipinski definition) is 4. The highest BCUT2D eigenvalue weighted by Crippen LogP contribution is 2.30. The van der Waals surface area contributed by atoms with Gasteiger partial charge in [-0.25, -0.2) is 4.98 Å². The predicted molar refractivity (Wildman–Crippen MR) is 81.5 cm³/mol. The van der Waals surface area contributed by atoms with Gasteiger partial charge in [0.1, 0.15) is 5.03 Å². The van der Waals surface area contributed by atoms with E-state index in [1.54, 1.807) is 0 Å². The van der Waals surface area contributed by atoms with Gasteiger partial charge in [-0.2, -0.15) is 0 Å². The second kappa shape index (κ2) is 5.96. The second-order valence-corrected chi connectivity index (χ2v) is 5.72. The highest BCUT2D eigenvalue weighted by atomic mass is 32.2. The van der Waals surface area contributed by atoms with E-state index in [2.05, 4.69) is 10.1 Å². The fraction of sp³-hybridized carbons (Fsp3) is 0.200. The van der Waals surface area contributed by atoms with Gasteiger partial charge in [0.15, 0.2) is 5.84 Å². The molecule has 2 aromatic rings. The molecule has 0 amide bonds. The van der Waals surface area contributed by atoms with Crippen LogP contribution in [0.25, 0.3) is 0 Å². The van der Waals surface area contributed by atoms with Crippen LogP contribution in [0, 0.1) is 20.8 Å². The summed E-state index contributed by atoms with van der Waals surface area (Å²) >= 11 is 1.51. The Morgan fingerprint density at radius 3 is 2.45 bits per heavy atom. The minimum absolute atomic E-state index is 0.0876. The Kier molecular flexibility index (Phi) is 4.29. The van der Waals surface area contributed by atoms with Crippen LogP contribution in [0.4, 0.5) is 0 Å². The maximum Gasteiger partial charge on any atom is 0.173 e. The molecule has 4 nitrogen and oxygen atoms in total. The molecule has 0 saturated carbocycles. The lowest BCUT2D eigenvalue weighted by Gasteiger charge is -2.11. The van der Waals surface area contributed by atoms with E-state index in [1.807, 2.05) is 51.1 Å². The van der Waals surface area contributed by atoms with Crippen LogP contribution in [0.1, 0.15) is 22.4 Å². The summed E-state index contributed by atoms with van der Waals surface area (Å²) in [6, 6.07) is 10.1. The van der Waals surface area contributed by atoms with Crippen LogP contribution in [0.3, 0.4) is 0 Å². The van der Waals surface area contributed by atoms with E-state index in [0.717, 1.165) is 21.2 Å². The van der Waals surface area contributed by atoms with Crippen molar-refractivity contribution in [1.82, 2.24) is 4.98 Å². The SMILES string of the molecule is Cc1ccc(Sc2nc(C)cc(C)c2C(N)=NO)cc1. The average Bonchev–Trinajstić information content (AvgIpc) is 2.40. The number of aryl methyl sites for hydroxylation is 3. The fourth-order valence-electron chi connectivity index (χ4n) is 1.96. The Balaban J connectivity index is 2.47. The highest BCUT2D eigenvalue weighted by Gasteiger charge is 2.14. The number of amidine groups is 1. The Morgan fingerprint density at radius 2 is 1.85 bits per heavy atom. The van der Waals surface area contributed by atoms with Gasteiger partial charge in [-0.3, -0.25) is 0 Å². The molecule has 0 atom stereocenters. The molecule has 0 aliphatic heterocycles. The standard InChI is InChI=1S/C15H17N3OS/c1-9-4-6-12(7-5-9)20-15-13(14(16)18-19)10(2)8-11(3)17-15/h4-8,19H,1-3H3,(H2,16,18). The van der Waals surface area contributed by atoms with Crippen molar-refractivity contribution in [3.63, 3.8) is 0 Å². The minimum Gasteiger partial charge on any atom is -0.409 e. The molecular weight excluding hydrogens is 270 g/mol. The van der Waals surface area contributed by atoms with Crippen molar-refractivity contribution < 1.29 is 5.21 Å². The number of aromatic nitrogens is 1. The molecule has 2 rings (SSSR count). The van der Waals surface area contributed by atoms with Gasteiger partial charge in [0.2, 0.25) is 0 Å². The maximum absolute atomic E-state index is 8.93. The molecule has 1 heterocycles. The summed E-state index contributed by atoms with van der Waals surface area (Å²) in [5, 5.41) is 12.8. The summed E-state index contributed by atoms with van der Waals surface area (Å²) in [5.41, 5.74) is 9.52. The summed E-state index contributed by atoms with van der Waals surface area (Å²) in [4.78, 5) is 5.58. The highest BCUT2D eigenvalue weighted by molar-refractivity contribution is 7.99. The molecule has 0 aliphatic rings. The van der Waals surface area contributed by atoms with E-state index >= 15 is 0 Å². The number of benzene rings is 1. The molecule has 0 aliphatic carbocycles. The van der Waals surface area contributed by atoms with Gasteiger partial charge in [-0.05, 0) is 44.5 Å². The molecule has 1 aromatic carbocycles. The molecule has 1 aromatic heterocycles. The van der Waals surface area contributed by atoms with Crippen LogP contribution < -0.4 is 5.73 Å². The molecule has 0 fully saturated rings. The lowest BCUT2D eigenvalue weighted by Crippen LogP contribution is -2.17. The topological polar surface area (TPSA) is 71.5 Å². The van der Waals surface area contributed by atoms with E-state index < -0.39 is 0 Å². The predicted octanol–water partition coefficient (Wildman–Crippen LogP) is 3.25. The Labute approximate surface area is 122 Å². The van der Waals surface area contributed by atoms with Crippen LogP contribution in [0.15, 0.2) is 45.4 Å². The van der Waals surface area contributed by atoms with E-state index in [4.69, 9.17) is 10.9 Å². The monoisotopic (exact) mass is 287 g/mol. The minimum atomic E-state index is 0.0876. The van der Waals surface area contributed by atoms with E-state index in [9.17, 15) is 0 Å². The first-order valence-corrected chi connectivity index (χ1v) is 7.03. The number of oxime groups is 1. The van der Waals surface area contributed by atoms with Crippen molar-refractivity contribution in [3.05, 3.63) is 52.7 Å². The fourth-order valence-corrected chi connectivity index (χ4v) is 3.01. The third-order valence-electron chi connectivity index (χ3n) is 2.91. The zero-order valence-corrected chi connectivity index (χ0v) is 12.5. The second-order valence-electron chi connectivity index (χ2n) is 4.66. The van der Waals surface area contributed by atoms with Crippen LogP contribution in [0.5, 0.6) is 0 Å². The molecule has 0 bridgehead atoms. The lowest BCUT2D eigenvalue weighted by molar-refractivity contribution is 0.318. The number of hydrogen-bond donors (Lipinski definition) is 2. The smallest absolute Gasteiger partial charge is 0.173 e. The van der Waals surface area contributed by atoms with Gasteiger partial charge in [0, 0.05) is 10.6 Å². The maximum atomic E-state index is 8.93. The first-order valence-electron chi connectivity index (χ1n) is 6.22. The number of pyridine rings is 1. The van der Waals surface area contributed by atoms with Gasteiger partial charge in [0.25, 0.3) is 0 Å². The third-order valence-corrected chi connectivity index (χ3v) is 3.91. The molecule has 20 heavy (non-hydrogen) atoms. The molecule has 5 heteroatoms. The number of rotatable bonds is 3. The van der Waals surface area contributed by atoms with Crippen LogP contribution in [-0.2, 0) is 0 Å². The summed E-state index contributed by atoms with van der Waals surface area (Å²) in [6.07, 6.45) is 0. The van der Waals surface area contributed by atoms with Crippen molar-refractivity contribution in [3.8, 4) is 0 Å². The first kappa shape index (κ1) is 14.4. The summed E-state index contributed by atoms with van der Waals surface area (Å²) in [5.74, 6) is 0.0876. The Morgan fingerprint density at radius 1 is 1.20 bits per heavy atom. The molecule has 104 valence electrons. The molecule has 0 saturated heterocycles. The lowest BCUT2D eigenvalue weighted by atomic mass is 10.1. The molecule has 0 radical (unpaired) electrons. The molecular formula is C15H17N3OS. The van der Waals surface area contributed by atoms with Gasteiger partial charge < -0.3 is 10.9 Å². The molecule has 0 spiro atoms. The number of nitrogens with two attached hydrogens (primary N) is 1.